The lowest BCUT2D eigenvalue weighted by molar-refractivity contribution is 0.283. The van der Waals surface area contributed by atoms with Crippen molar-refractivity contribution in [1.82, 2.24) is 0 Å². The molecule has 1 aliphatic rings. The Kier molecular flexibility index (Phi) is 1.96. The van der Waals surface area contributed by atoms with E-state index in [0.717, 1.165) is 6.20 Å². The van der Waals surface area contributed by atoms with Crippen LogP contribution >= 0.6 is 10.7 Å². The Morgan fingerprint density at radius 1 is 1.70 bits per heavy atom. The quantitative estimate of drug-likeness (QED) is 0.552. The summed E-state index contributed by atoms with van der Waals surface area (Å²) in [5.41, 5.74) is 0. The third kappa shape index (κ3) is 1.71. The van der Waals surface area contributed by atoms with Crippen molar-refractivity contribution in [3.63, 3.8) is 0 Å². The lowest BCUT2D eigenvalue weighted by Gasteiger charge is -2.05. The summed E-state index contributed by atoms with van der Waals surface area (Å²) in [6.07, 6.45) is 2.50. The Morgan fingerprint density at radius 2 is 2.40 bits per heavy atom. The lowest BCUT2D eigenvalue weighted by atomic mass is 10.7. The monoisotopic (exact) mass is 181 g/mol. The summed E-state index contributed by atoms with van der Waals surface area (Å²) >= 11 is 0. The van der Waals surface area contributed by atoms with Crippen LogP contribution in [0.4, 0.5) is 0 Å². The Morgan fingerprint density at radius 3 is 2.70 bits per heavy atom. The first-order chi connectivity index (χ1) is 4.61. The van der Waals surface area contributed by atoms with Crippen LogP contribution < -0.4 is 0 Å². The molecule has 1 aliphatic heterocycles. The highest BCUT2D eigenvalue weighted by Gasteiger charge is 2.16. The Hall–Kier alpha value is -0.550. The third-order valence-corrected chi connectivity index (χ3v) is 1.99. The normalized spacial score (nSPS) is 17.9. The maximum Gasteiger partial charge on any atom is 0.295 e. The second-order valence-corrected chi connectivity index (χ2v) is 4.03. The number of hydrogen-bond donors (Lipinski definition) is 0. The second kappa shape index (κ2) is 2.59. The van der Waals surface area contributed by atoms with Gasteiger partial charge in [0.25, 0.3) is 9.05 Å². The van der Waals surface area contributed by atoms with Crippen molar-refractivity contribution in [1.29, 1.82) is 0 Å². The van der Waals surface area contributed by atoms with Gasteiger partial charge in [-0.05, 0) is 0 Å². The maximum absolute atomic E-state index is 10.5. The maximum atomic E-state index is 10.5. The van der Waals surface area contributed by atoms with Gasteiger partial charge in [-0.3, -0.25) is 4.99 Å². The van der Waals surface area contributed by atoms with Crippen LogP contribution in [0.2, 0.25) is 0 Å². The molecule has 4 nitrogen and oxygen atoms in total. The number of nitrogens with zero attached hydrogens (tertiary/aromatic N) is 1. The largest absolute Gasteiger partial charge is 0.475 e. The summed E-state index contributed by atoms with van der Waals surface area (Å²) in [5, 5.41) is -0.295. The summed E-state index contributed by atoms with van der Waals surface area (Å²) in [5.74, 6) is 0. The smallest absolute Gasteiger partial charge is 0.295 e. The molecule has 1 rings (SSSR count). The van der Waals surface area contributed by atoms with Crippen molar-refractivity contribution >= 4 is 25.9 Å². The minimum atomic E-state index is -3.73. The van der Waals surface area contributed by atoms with E-state index < -0.39 is 9.05 Å². The fourth-order valence-corrected chi connectivity index (χ4v) is 1.10. The standard InChI is InChI=1S/C4H4ClNO3S/c5-10(7,8)4-3-6-1-2-9-4/h1,3H,2H2. The van der Waals surface area contributed by atoms with Gasteiger partial charge in [-0.2, -0.15) is 0 Å². The first-order valence-corrected chi connectivity index (χ1v) is 4.71. The molecule has 10 heavy (non-hydrogen) atoms. The van der Waals surface area contributed by atoms with E-state index in [1.54, 1.807) is 0 Å². The summed E-state index contributed by atoms with van der Waals surface area (Å²) in [6.45, 7) is 0.151. The Labute approximate surface area is 62.6 Å². The molecule has 1 heterocycles. The van der Waals surface area contributed by atoms with Crippen LogP contribution in [0.25, 0.3) is 0 Å². The van der Waals surface area contributed by atoms with E-state index in [9.17, 15) is 8.42 Å². The third-order valence-electron chi connectivity index (χ3n) is 0.826. The van der Waals surface area contributed by atoms with E-state index in [-0.39, 0.29) is 11.7 Å². The fraction of sp³-hybridized carbons (Fsp3) is 0.250. The van der Waals surface area contributed by atoms with E-state index in [1.165, 1.54) is 6.21 Å². The first-order valence-electron chi connectivity index (χ1n) is 2.40. The molecule has 0 amide bonds. The van der Waals surface area contributed by atoms with Gasteiger partial charge in [0.2, 0.25) is 5.09 Å². The molecule has 0 unspecified atom stereocenters. The fourth-order valence-electron chi connectivity index (χ4n) is 0.447. The van der Waals surface area contributed by atoms with Gasteiger partial charge in [0.05, 0.1) is 6.20 Å². The highest BCUT2D eigenvalue weighted by Crippen LogP contribution is 2.14. The van der Waals surface area contributed by atoms with Crippen LogP contribution in [-0.2, 0) is 13.8 Å². The molecular formula is C4H4ClNO3S. The molecule has 0 saturated carbocycles. The van der Waals surface area contributed by atoms with Gasteiger partial charge in [0, 0.05) is 16.9 Å². The number of hydrogen-bond acceptors (Lipinski definition) is 4. The summed E-state index contributed by atoms with van der Waals surface area (Å²) in [4.78, 5) is 3.55. The predicted octanol–water partition coefficient (Wildman–Crippen LogP) is 0.455. The Balaban J connectivity index is 2.93. The van der Waals surface area contributed by atoms with Gasteiger partial charge in [-0.1, -0.05) is 0 Å². The SMILES string of the molecule is O=S(=O)(Cl)C1=CN=CCO1. The predicted molar refractivity (Wildman–Crippen MR) is 37.3 cm³/mol. The lowest BCUT2D eigenvalue weighted by Crippen LogP contribution is -2.05. The molecule has 0 aromatic heterocycles. The molecule has 0 bridgehead atoms. The molecule has 0 aromatic rings. The first kappa shape index (κ1) is 7.56. The van der Waals surface area contributed by atoms with Crippen molar-refractivity contribution in [3.8, 4) is 0 Å². The molecule has 56 valence electrons. The van der Waals surface area contributed by atoms with E-state index in [4.69, 9.17) is 10.7 Å². The van der Waals surface area contributed by atoms with Gasteiger partial charge in [-0.25, -0.2) is 8.42 Å². The van der Waals surface area contributed by atoms with Gasteiger partial charge < -0.3 is 4.74 Å². The van der Waals surface area contributed by atoms with Crippen molar-refractivity contribution < 1.29 is 13.2 Å². The minimum Gasteiger partial charge on any atom is -0.475 e. The second-order valence-electron chi connectivity index (χ2n) is 1.53. The molecular weight excluding hydrogens is 178 g/mol. The van der Waals surface area contributed by atoms with Crippen LogP contribution in [0.15, 0.2) is 16.3 Å². The number of ether oxygens (including phenoxy) is 1. The molecule has 0 fully saturated rings. The molecule has 0 spiro atoms. The van der Waals surface area contributed by atoms with E-state index >= 15 is 0 Å². The molecule has 0 saturated heterocycles. The molecule has 0 radical (unpaired) electrons. The molecule has 0 atom stereocenters. The number of rotatable bonds is 1. The van der Waals surface area contributed by atoms with Crippen LogP contribution in [-0.4, -0.2) is 21.2 Å². The van der Waals surface area contributed by atoms with E-state index in [1.807, 2.05) is 0 Å². The van der Waals surface area contributed by atoms with Crippen LogP contribution in [0.3, 0.4) is 0 Å². The highest BCUT2D eigenvalue weighted by atomic mass is 35.7. The zero-order chi connectivity index (χ0) is 7.61. The minimum absolute atomic E-state index is 0.151. The van der Waals surface area contributed by atoms with Gasteiger partial charge >= 0.3 is 0 Å². The van der Waals surface area contributed by atoms with Crippen molar-refractivity contribution in [2.24, 2.45) is 4.99 Å². The van der Waals surface area contributed by atoms with Crippen LogP contribution in [0.5, 0.6) is 0 Å². The van der Waals surface area contributed by atoms with Crippen LogP contribution in [0.1, 0.15) is 0 Å². The van der Waals surface area contributed by atoms with E-state index in [2.05, 4.69) is 9.73 Å². The molecule has 6 heteroatoms. The van der Waals surface area contributed by atoms with Crippen LogP contribution in [0, 0.1) is 0 Å². The average molecular weight is 182 g/mol. The summed E-state index contributed by atoms with van der Waals surface area (Å²) in [6, 6.07) is 0. The highest BCUT2D eigenvalue weighted by molar-refractivity contribution is 8.16. The molecule has 0 aliphatic carbocycles. The number of aliphatic imine (C=N–C) groups is 1. The summed E-state index contributed by atoms with van der Waals surface area (Å²) < 4.78 is 25.6. The van der Waals surface area contributed by atoms with Gasteiger partial charge in [0.1, 0.15) is 6.61 Å². The molecule has 0 aromatic carbocycles. The zero-order valence-corrected chi connectivity index (χ0v) is 6.39. The Bertz CT molecular complexity index is 279. The average Bonchev–Trinajstić information content (AvgIpc) is 1.88. The topological polar surface area (TPSA) is 55.7 Å². The van der Waals surface area contributed by atoms with E-state index in [0.29, 0.717) is 0 Å². The summed E-state index contributed by atoms with van der Waals surface area (Å²) in [7, 11) is 1.19. The molecule has 0 N–H and O–H groups in total. The van der Waals surface area contributed by atoms with Gasteiger partial charge in [-0.15, -0.1) is 0 Å². The van der Waals surface area contributed by atoms with Crippen molar-refractivity contribution in [3.05, 3.63) is 11.3 Å². The number of halogens is 1. The zero-order valence-electron chi connectivity index (χ0n) is 4.82. The van der Waals surface area contributed by atoms with Crippen molar-refractivity contribution in [2.45, 2.75) is 0 Å². The van der Waals surface area contributed by atoms with Gasteiger partial charge in [0.15, 0.2) is 0 Å². The van der Waals surface area contributed by atoms with Crippen molar-refractivity contribution in [2.75, 3.05) is 6.61 Å².